The van der Waals surface area contributed by atoms with Crippen LogP contribution in [0, 0.1) is 5.82 Å². The highest BCUT2D eigenvalue weighted by Crippen LogP contribution is 2.37. The molecule has 1 aliphatic rings. The third-order valence-corrected chi connectivity index (χ3v) is 8.87. The fraction of sp³-hybridized carbons (Fsp3) is 0.107. The number of rotatable bonds is 9. The van der Waals surface area contributed by atoms with E-state index in [-0.39, 0.29) is 38.7 Å². The molecule has 0 atom stereocenters. The number of fused-ring (bicyclic) bond motifs is 1. The van der Waals surface area contributed by atoms with E-state index in [1.54, 1.807) is 30.6 Å². The molecule has 2 heterocycles. The van der Waals surface area contributed by atoms with Gasteiger partial charge in [0, 0.05) is 53.4 Å². The first-order valence-corrected chi connectivity index (χ1v) is 15.7. The molecule has 0 aliphatic heterocycles. The van der Waals surface area contributed by atoms with E-state index >= 15 is 0 Å². The average Bonchev–Trinajstić information content (AvgIpc) is 3.77. The number of aromatic nitrogens is 3. The van der Waals surface area contributed by atoms with Gasteiger partial charge in [0.15, 0.2) is 0 Å². The number of hydrogen-bond acceptors (Lipinski definition) is 9. The molecule has 0 amide bonds. The van der Waals surface area contributed by atoms with Crippen molar-refractivity contribution < 1.29 is 26.0 Å². The maximum absolute atomic E-state index is 13.4. The molecule has 42 heavy (non-hydrogen) atoms. The first-order valence-electron chi connectivity index (χ1n) is 12.6. The average molecular weight is 607 g/mol. The van der Waals surface area contributed by atoms with Crippen LogP contribution in [0.5, 0.6) is 11.5 Å². The van der Waals surface area contributed by atoms with Crippen LogP contribution in [-0.4, -0.2) is 37.8 Å². The van der Waals surface area contributed by atoms with Gasteiger partial charge in [0.2, 0.25) is 20.0 Å². The second kappa shape index (κ2) is 10.7. The Morgan fingerprint density at radius 1 is 0.857 bits per heavy atom. The molecule has 0 saturated heterocycles. The van der Waals surface area contributed by atoms with E-state index in [9.17, 15) is 21.2 Å². The summed E-state index contributed by atoms with van der Waals surface area (Å²) in [6, 6.07) is 14.2. The lowest BCUT2D eigenvalue weighted by molar-refractivity contribution is 0.479. The van der Waals surface area contributed by atoms with Crippen molar-refractivity contribution in [3.63, 3.8) is 0 Å². The van der Waals surface area contributed by atoms with E-state index in [1.807, 2.05) is 0 Å². The van der Waals surface area contributed by atoms with Crippen LogP contribution in [-0.2, 0) is 20.0 Å². The number of nitrogens with two attached hydrogens (primary N) is 1. The van der Waals surface area contributed by atoms with Crippen LogP contribution in [0.25, 0.3) is 22.0 Å². The van der Waals surface area contributed by atoms with Gasteiger partial charge in [0.1, 0.15) is 28.5 Å². The number of sulfonamides is 2. The predicted molar refractivity (Wildman–Crippen MR) is 154 cm³/mol. The number of hydrogen-bond donors (Lipinski definition) is 3. The Hall–Kier alpha value is -4.50. The van der Waals surface area contributed by atoms with Crippen molar-refractivity contribution in [3.05, 3.63) is 91.4 Å². The molecule has 4 N–H and O–H groups in total. The van der Waals surface area contributed by atoms with Gasteiger partial charge in [0.25, 0.3) is 0 Å². The Kier molecular flexibility index (Phi) is 7.06. The molecule has 0 radical (unpaired) electrons. The van der Waals surface area contributed by atoms with Gasteiger partial charge in [-0.1, -0.05) is 12.1 Å². The SMILES string of the molecule is NS(=O)(=O)c1cc(Nc2c(S(=O)(=O)NC3CC3)cnc3cc(-c4cncnc4)ccc23)cc(Oc2ccc(F)cc2)c1. The van der Waals surface area contributed by atoms with E-state index in [0.717, 1.165) is 24.0 Å². The molecule has 11 nitrogen and oxygen atoms in total. The summed E-state index contributed by atoms with van der Waals surface area (Å²) in [5.41, 5.74) is 2.32. The molecule has 214 valence electrons. The summed E-state index contributed by atoms with van der Waals surface area (Å²) in [5.74, 6) is -0.150. The number of pyridine rings is 1. The van der Waals surface area contributed by atoms with Crippen LogP contribution in [0.1, 0.15) is 12.8 Å². The number of halogens is 1. The standard InChI is InChI=1S/C28H23FN6O5S2/c29-19-2-6-22(7-3-19)40-23-10-21(11-24(12-23)41(30,36)37)34-28-25-8-1-17(18-13-31-16-32-14-18)9-26(25)33-15-27(28)42(38,39)35-20-4-5-20/h1-3,6-16,20,35H,4-5H2,(H,33,34)(H2,30,36,37). The van der Waals surface area contributed by atoms with Gasteiger partial charge in [-0.05, 0) is 54.8 Å². The molecule has 6 rings (SSSR count). The monoisotopic (exact) mass is 606 g/mol. The lowest BCUT2D eigenvalue weighted by Crippen LogP contribution is -2.26. The topological polar surface area (TPSA) is 166 Å². The van der Waals surface area contributed by atoms with E-state index in [1.165, 1.54) is 55.0 Å². The van der Waals surface area contributed by atoms with Crippen molar-refractivity contribution in [2.24, 2.45) is 5.14 Å². The van der Waals surface area contributed by atoms with Gasteiger partial charge in [-0.25, -0.2) is 41.1 Å². The van der Waals surface area contributed by atoms with Crippen molar-refractivity contribution in [2.45, 2.75) is 28.7 Å². The second-order valence-corrected chi connectivity index (χ2v) is 12.9. The third-order valence-electron chi connectivity index (χ3n) is 6.44. The second-order valence-electron chi connectivity index (χ2n) is 9.67. The predicted octanol–water partition coefficient (Wildman–Crippen LogP) is 4.45. The molecule has 14 heteroatoms. The third kappa shape index (κ3) is 6.06. The summed E-state index contributed by atoms with van der Waals surface area (Å²) in [6.45, 7) is 0. The smallest absolute Gasteiger partial charge is 0.244 e. The molecular weight excluding hydrogens is 583 g/mol. The molecule has 1 aliphatic carbocycles. The van der Waals surface area contributed by atoms with Gasteiger partial charge in [0.05, 0.1) is 16.1 Å². The zero-order valence-electron chi connectivity index (χ0n) is 21.7. The summed E-state index contributed by atoms with van der Waals surface area (Å²) in [5, 5.41) is 8.97. The maximum Gasteiger partial charge on any atom is 0.244 e. The molecule has 0 unspecified atom stereocenters. The molecular formula is C28H23FN6O5S2. The lowest BCUT2D eigenvalue weighted by Gasteiger charge is -2.17. The molecule has 0 spiro atoms. The molecule has 3 aromatic carbocycles. The van der Waals surface area contributed by atoms with Crippen molar-refractivity contribution in [1.82, 2.24) is 19.7 Å². The molecule has 1 fully saturated rings. The molecule has 2 aromatic heterocycles. The van der Waals surface area contributed by atoms with Crippen LogP contribution in [0.2, 0.25) is 0 Å². The van der Waals surface area contributed by atoms with Gasteiger partial charge in [-0.3, -0.25) is 4.98 Å². The number of anilines is 2. The van der Waals surface area contributed by atoms with Crippen molar-refractivity contribution in [1.29, 1.82) is 0 Å². The van der Waals surface area contributed by atoms with E-state index in [2.05, 4.69) is 25.0 Å². The number of benzene rings is 3. The minimum Gasteiger partial charge on any atom is -0.457 e. The van der Waals surface area contributed by atoms with Crippen LogP contribution < -0.4 is 19.9 Å². The first kappa shape index (κ1) is 27.7. The Morgan fingerprint density at radius 2 is 1.60 bits per heavy atom. The van der Waals surface area contributed by atoms with Crippen LogP contribution in [0.15, 0.2) is 95.4 Å². The van der Waals surface area contributed by atoms with E-state index in [0.29, 0.717) is 10.9 Å². The zero-order chi connectivity index (χ0) is 29.5. The Labute approximate surface area is 240 Å². The zero-order valence-corrected chi connectivity index (χ0v) is 23.4. The van der Waals surface area contributed by atoms with Crippen molar-refractivity contribution in [3.8, 4) is 22.6 Å². The summed E-state index contributed by atoms with van der Waals surface area (Å²) in [7, 11) is -8.21. The first-order chi connectivity index (χ1) is 20.0. The van der Waals surface area contributed by atoms with Gasteiger partial charge < -0.3 is 10.1 Å². The molecule has 5 aromatic rings. The number of nitrogens with zero attached hydrogens (tertiary/aromatic N) is 3. The number of primary sulfonamides is 1. The summed E-state index contributed by atoms with van der Waals surface area (Å²) in [4.78, 5) is 12.1. The van der Waals surface area contributed by atoms with Crippen molar-refractivity contribution >= 4 is 42.3 Å². The molecule has 0 bridgehead atoms. The van der Waals surface area contributed by atoms with Crippen LogP contribution >= 0.6 is 0 Å². The van der Waals surface area contributed by atoms with Crippen LogP contribution in [0.4, 0.5) is 15.8 Å². The highest BCUT2D eigenvalue weighted by Gasteiger charge is 2.30. The lowest BCUT2D eigenvalue weighted by atomic mass is 10.1. The highest BCUT2D eigenvalue weighted by molar-refractivity contribution is 7.89. The Morgan fingerprint density at radius 3 is 2.29 bits per heavy atom. The normalized spacial score (nSPS) is 13.7. The number of nitrogens with one attached hydrogen (secondary N) is 2. The fourth-order valence-electron chi connectivity index (χ4n) is 4.27. The van der Waals surface area contributed by atoms with Gasteiger partial charge >= 0.3 is 0 Å². The highest BCUT2D eigenvalue weighted by atomic mass is 32.2. The van der Waals surface area contributed by atoms with Gasteiger partial charge in [-0.2, -0.15) is 0 Å². The van der Waals surface area contributed by atoms with E-state index < -0.39 is 25.9 Å². The molecule has 1 saturated carbocycles. The Bertz CT molecular complexity index is 2020. The minimum atomic E-state index is -4.20. The summed E-state index contributed by atoms with van der Waals surface area (Å²) < 4.78 is 73.3. The van der Waals surface area contributed by atoms with E-state index in [4.69, 9.17) is 9.88 Å². The quantitative estimate of drug-likeness (QED) is 0.220. The summed E-state index contributed by atoms with van der Waals surface area (Å²) in [6.07, 6.45) is 7.41. The maximum atomic E-state index is 13.4. The van der Waals surface area contributed by atoms with Crippen LogP contribution in [0.3, 0.4) is 0 Å². The largest absolute Gasteiger partial charge is 0.457 e. The minimum absolute atomic E-state index is 0.0703. The fourth-order valence-corrected chi connectivity index (χ4v) is 6.26. The van der Waals surface area contributed by atoms with Crippen molar-refractivity contribution in [2.75, 3.05) is 5.32 Å². The number of ether oxygens (including phenoxy) is 1. The van der Waals surface area contributed by atoms with Gasteiger partial charge in [-0.15, -0.1) is 0 Å². The Balaban J connectivity index is 1.48. The summed E-state index contributed by atoms with van der Waals surface area (Å²) >= 11 is 0.